The zero-order valence-corrected chi connectivity index (χ0v) is 9.98. The molecule has 17 heavy (non-hydrogen) atoms. The van der Waals surface area contributed by atoms with Gasteiger partial charge in [-0.05, 0) is 37.8 Å². The number of nitrogen functional groups attached to an aromatic ring is 1. The molecule has 0 aliphatic heterocycles. The first-order chi connectivity index (χ1) is 8.16. The first kappa shape index (κ1) is 10.6. The highest BCUT2D eigenvalue weighted by molar-refractivity contribution is 5.94. The van der Waals surface area contributed by atoms with Crippen molar-refractivity contribution < 1.29 is 5.11 Å². The van der Waals surface area contributed by atoms with Gasteiger partial charge in [-0.3, -0.25) is 4.68 Å². The van der Waals surface area contributed by atoms with E-state index in [0.717, 1.165) is 36.2 Å². The van der Waals surface area contributed by atoms with Crippen LogP contribution in [-0.4, -0.2) is 21.0 Å². The van der Waals surface area contributed by atoms with Gasteiger partial charge in [0.05, 0.1) is 29.5 Å². The topological polar surface area (TPSA) is 64.1 Å². The molecule has 1 aliphatic carbocycles. The van der Waals surface area contributed by atoms with Gasteiger partial charge in [-0.1, -0.05) is 6.07 Å². The molecule has 0 bridgehead atoms. The molecule has 0 fully saturated rings. The molecule has 0 amide bonds. The number of rotatable bonds is 2. The zero-order valence-electron chi connectivity index (χ0n) is 9.98. The second kappa shape index (κ2) is 3.74. The van der Waals surface area contributed by atoms with Gasteiger partial charge in [-0.2, -0.15) is 5.10 Å². The number of aliphatic hydroxyl groups is 1. The van der Waals surface area contributed by atoms with Crippen molar-refractivity contribution in [1.29, 1.82) is 0 Å². The van der Waals surface area contributed by atoms with Crippen LogP contribution in [0.3, 0.4) is 0 Å². The van der Waals surface area contributed by atoms with Crippen LogP contribution in [0.1, 0.15) is 24.6 Å². The monoisotopic (exact) mass is 231 g/mol. The molecule has 4 heteroatoms. The number of aliphatic hydroxyl groups excluding tert-OH is 1. The van der Waals surface area contributed by atoms with Crippen LogP contribution in [0.5, 0.6) is 0 Å². The molecule has 0 spiro atoms. The minimum Gasteiger partial charge on any atom is -0.397 e. The largest absolute Gasteiger partial charge is 0.397 e. The van der Waals surface area contributed by atoms with Crippen molar-refractivity contribution in [2.75, 3.05) is 5.73 Å². The van der Waals surface area contributed by atoms with E-state index < -0.39 is 6.10 Å². The second-order valence-corrected chi connectivity index (χ2v) is 4.87. The molecule has 1 aromatic heterocycles. The van der Waals surface area contributed by atoms with Gasteiger partial charge < -0.3 is 10.8 Å². The number of nitrogens with zero attached hydrogens (tertiary/aromatic N) is 2. The molecular weight excluding hydrogens is 214 g/mol. The lowest BCUT2D eigenvalue weighted by Crippen LogP contribution is -2.13. The first-order valence-electron chi connectivity index (χ1n) is 6.11. The van der Waals surface area contributed by atoms with Crippen molar-refractivity contribution in [1.82, 2.24) is 9.78 Å². The fraction of sp³-hybridized carbons (Fsp3) is 0.462. The van der Waals surface area contributed by atoms with E-state index in [1.54, 1.807) is 6.92 Å². The van der Waals surface area contributed by atoms with Crippen molar-refractivity contribution >= 4 is 16.6 Å². The summed E-state index contributed by atoms with van der Waals surface area (Å²) in [5, 5.41) is 15.3. The maximum absolute atomic E-state index is 9.52. The SMILES string of the molecule is CC(O)Cn1nc2c3c(ccc(N)c31)CCC2. The van der Waals surface area contributed by atoms with Crippen LogP contribution in [-0.2, 0) is 19.4 Å². The average molecular weight is 231 g/mol. The van der Waals surface area contributed by atoms with Gasteiger partial charge in [0.15, 0.2) is 0 Å². The zero-order chi connectivity index (χ0) is 12.0. The molecule has 1 unspecified atom stereocenters. The summed E-state index contributed by atoms with van der Waals surface area (Å²) >= 11 is 0. The third-order valence-corrected chi connectivity index (χ3v) is 3.38. The van der Waals surface area contributed by atoms with Gasteiger partial charge in [-0.15, -0.1) is 0 Å². The molecule has 3 N–H and O–H groups in total. The molecule has 4 nitrogen and oxygen atoms in total. The summed E-state index contributed by atoms with van der Waals surface area (Å²) in [6, 6.07) is 4.06. The van der Waals surface area contributed by atoms with Crippen molar-refractivity contribution in [2.24, 2.45) is 0 Å². The summed E-state index contributed by atoms with van der Waals surface area (Å²) in [5.74, 6) is 0. The molecule has 2 aromatic rings. The van der Waals surface area contributed by atoms with Crippen LogP contribution in [0.4, 0.5) is 5.69 Å². The van der Waals surface area contributed by atoms with E-state index in [4.69, 9.17) is 5.73 Å². The Morgan fingerprint density at radius 1 is 1.47 bits per heavy atom. The van der Waals surface area contributed by atoms with E-state index in [2.05, 4.69) is 11.2 Å². The Balaban J connectivity index is 2.28. The van der Waals surface area contributed by atoms with E-state index in [1.807, 2.05) is 10.7 Å². The molecule has 0 saturated heterocycles. The van der Waals surface area contributed by atoms with E-state index in [1.165, 1.54) is 10.9 Å². The maximum Gasteiger partial charge on any atom is 0.0918 e. The van der Waals surface area contributed by atoms with Crippen molar-refractivity contribution in [3.8, 4) is 0 Å². The average Bonchev–Trinajstić information content (AvgIpc) is 2.63. The highest BCUT2D eigenvalue weighted by atomic mass is 16.3. The Morgan fingerprint density at radius 3 is 3.06 bits per heavy atom. The Kier molecular flexibility index (Phi) is 2.33. The molecule has 1 aromatic carbocycles. The molecule has 0 radical (unpaired) electrons. The third-order valence-electron chi connectivity index (χ3n) is 3.38. The Labute approximate surface area is 100 Å². The maximum atomic E-state index is 9.52. The number of aryl methyl sites for hydroxylation is 2. The van der Waals surface area contributed by atoms with E-state index >= 15 is 0 Å². The fourth-order valence-corrected chi connectivity index (χ4v) is 2.71. The lowest BCUT2D eigenvalue weighted by molar-refractivity contribution is 0.170. The third kappa shape index (κ3) is 1.60. The predicted molar refractivity (Wildman–Crippen MR) is 67.9 cm³/mol. The van der Waals surface area contributed by atoms with Gasteiger partial charge in [0.25, 0.3) is 0 Å². The Morgan fingerprint density at radius 2 is 2.29 bits per heavy atom. The fourth-order valence-electron chi connectivity index (χ4n) is 2.71. The second-order valence-electron chi connectivity index (χ2n) is 4.87. The number of hydrogen-bond acceptors (Lipinski definition) is 3. The lowest BCUT2D eigenvalue weighted by Gasteiger charge is -2.11. The number of nitrogens with two attached hydrogens (primary N) is 1. The van der Waals surface area contributed by atoms with Gasteiger partial charge in [0.2, 0.25) is 0 Å². The number of benzene rings is 1. The summed E-state index contributed by atoms with van der Waals surface area (Å²) in [5.41, 5.74) is 10.3. The summed E-state index contributed by atoms with van der Waals surface area (Å²) in [7, 11) is 0. The molecular formula is C13H17N3O. The standard InChI is InChI=1S/C13H17N3O/c1-8(17)7-16-13-10(14)6-5-9-3-2-4-11(15-16)12(9)13/h5-6,8,17H,2-4,7,14H2,1H3. The summed E-state index contributed by atoms with van der Waals surface area (Å²) in [6.07, 6.45) is 2.86. The molecule has 0 saturated carbocycles. The van der Waals surface area contributed by atoms with E-state index in [-0.39, 0.29) is 0 Å². The quantitative estimate of drug-likeness (QED) is 0.770. The van der Waals surface area contributed by atoms with Gasteiger partial charge in [0, 0.05) is 5.39 Å². The number of hydrogen-bond donors (Lipinski definition) is 2. The summed E-state index contributed by atoms with van der Waals surface area (Å²) in [4.78, 5) is 0. The minimum atomic E-state index is -0.408. The van der Waals surface area contributed by atoms with Crippen LogP contribution in [0.2, 0.25) is 0 Å². The van der Waals surface area contributed by atoms with E-state index in [9.17, 15) is 5.11 Å². The van der Waals surface area contributed by atoms with Crippen molar-refractivity contribution in [2.45, 2.75) is 38.8 Å². The van der Waals surface area contributed by atoms with Crippen LogP contribution in [0, 0.1) is 0 Å². The van der Waals surface area contributed by atoms with Crippen molar-refractivity contribution in [3.63, 3.8) is 0 Å². The Bertz CT molecular complexity index is 572. The first-order valence-corrected chi connectivity index (χ1v) is 6.11. The predicted octanol–water partition coefficient (Wildman–Crippen LogP) is 1.49. The van der Waals surface area contributed by atoms with Crippen LogP contribution < -0.4 is 5.73 Å². The van der Waals surface area contributed by atoms with Crippen LogP contribution in [0.25, 0.3) is 10.9 Å². The molecule has 90 valence electrons. The van der Waals surface area contributed by atoms with Gasteiger partial charge >= 0.3 is 0 Å². The highest BCUT2D eigenvalue weighted by Gasteiger charge is 2.20. The lowest BCUT2D eigenvalue weighted by atomic mass is 9.94. The van der Waals surface area contributed by atoms with Crippen LogP contribution in [0.15, 0.2) is 12.1 Å². The molecule has 1 atom stereocenters. The molecule has 1 aliphatic rings. The van der Waals surface area contributed by atoms with Crippen LogP contribution >= 0.6 is 0 Å². The summed E-state index contributed by atoms with van der Waals surface area (Å²) in [6.45, 7) is 2.27. The molecule has 1 heterocycles. The van der Waals surface area contributed by atoms with E-state index in [0.29, 0.717) is 6.54 Å². The van der Waals surface area contributed by atoms with Gasteiger partial charge in [0.1, 0.15) is 0 Å². The Hall–Kier alpha value is -1.55. The normalized spacial score (nSPS) is 16.4. The molecule has 3 rings (SSSR count). The van der Waals surface area contributed by atoms with Crippen molar-refractivity contribution in [3.05, 3.63) is 23.4 Å². The van der Waals surface area contributed by atoms with Gasteiger partial charge in [-0.25, -0.2) is 0 Å². The summed E-state index contributed by atoms with van der Waals surface area (Å²) < 4.78 is 1.86. The highest BCUT2D eigenvalue weighted by Crippen LogP contribution is 2.32. The smallest absolute Gasteiger partial charge is 0.0918 e. The minimum absolute atomic E-state index is 0.408. The number of anilines is 1. The number of aromatic nitrogens is 2.